The van der Waals surface area contributed by atoms with Gasteiger partial charge in [-0.2, -0.15) is 5.21 Å². The van der Waals surface area contributed by atoms with Crippen molar-refractivity contribution in [1.82, 2.24) is 25.6 Å². The van der Waals surface area contributed by atoms with Crippen LogP contribution in [0.5, 0.6) is 0 Å². The van der Waals surface area contributed by atoms with Gasteiger partial charge in [0.05, 0.1) is 5.56 Å². The molecule has 2 heterocycles. The Hall–Kier alpha value is -2.50. The van der Waals surface area contributed by atoms with E-state index in [-0.39, 0.29) is 5.56 Å². The van der Waals surface area contributed by atoms with E-state index in [4.69, 9.17) is 0 Å². The molecule has 16 heavy (non-hydrogen) atoms. The zero-order chi connectivity index (χ0) is 11.0. The van der Waals surface area contributed by atoms with Crippen molar-refractivity contribution >= 4 is 0 Å². The monoisotopic (exact) mass is 213 g/mol. The zero-order valence-corrected chi connectivity index (χ0v) is 8.14. The second kappa shape index (κ2) is 3.27. The maximum Gasteiger partial charge on any atom is 0.260 e. The molecule has 0 amide bonds. The van der Waals surface area contributed by atoms with Crippen LogP contribution in [0.1, 0.15) is 0 Å². The quantitative estimate of drug-likeness (QED) is 0.621. The smallest absolute Gasteiger partial charge is 0.260 e. The molecule has 0 fully saturated rings. The number of nitrogens with one attached hydrogen (secondary N) is 2. The minimum atomic E-state index is -0.206. The third kappa shape index (κ3) is 1.20. The van der Waals surface area contributed by atoms with Crippen LogP contribution < -0.4 is 5.56 Å². The van der Waals surface area contributed by atoms with Gasteiger partial charge in [0, 0.05) is 11.3 Å². The summed E-state index contributed by atoms with van der Waals surface area (Å²) in [5.74, 6) is 0.308. The summed E-state index contributed by atoms with van der Waals surface area (Å²) in [5.41, 5.74) is 1.79. The molecule has 1 aliphatic heterocycles. The van der Waals surface area contributed by atoms with Gasteiger partial charge in [0.2, 0.25) is 5.82 Å². The molecule has 0 spiro atoms. The summed E-state index contributed by atoms with van der Waals surface area (Å²) in [5, 5.41) is 13.4. The molecular weight excluding hydrogens is 206 g/mol. The Balaban J connectivity index is 2.37. The fourth-order valence-corrected chi connectivity index (χ4v) is 1.67. The van der Waals surface area contributed by atoms with E-state index in [2.05, 4.69) is 25.6 Å². The summed E-state index contributed by atoms with van der Waals surface area (Å²) in [7, 11) is 0. The average Bonchev–Trinajstić information content (AvgIpc) is 2.81. The highest BCUT2D eigenvalue weighted by atomic mass is 16.1. The van der Waals surface area contributed by atoms with Gasteiger partial charge < -0.3 is 4.98 Å². The fraction of sp³-hybridized carbons (Fsp3) is 0. The minimum Gasteiger partial charge on any atom is -0.321 e. The summed E-state index contributed by atoms with van der Waals surface area (Å²) in [4.78, 5) is 14.5. The van der Waals surface area contributed by atoms with Gasteiger partial charge in [-0.1, -0.05) is 24.3 Å². The van der Waals surface area contributed by atoms with Crippen molar-refractivity contribution in [3.63, 3.8) is 0 Å². The first-order chi connectivity index (χ1) is 7.86. The Labute approximate surface area is 89.7 Å². The van der Waals surface area contributed by atoms with Crippen LogP contribution in [0, 0.1) is 0 Å². The zero-order valence-electron chi connectivity index (χ0n) is 8.14. The number of aromatic nitrogens is 5. The predicted molar refractivity (Wildman–Crippen MR) is 56.9 cm³/mol. The fourth-order valence-electron chi connectivity index (χ4n) is 1.67. The third-order valence-corrected chi connectivity index (χ3v) is 2.35. The van der Waals surface area contributed by atoms with Crippen LogP contribution in [-0.4, -0.2) is 25.6 Å². The lowest BCUT2D eigenvalue weighted by Gasteiger charge is -1.91. The van der Waals surface area contributed by atoms with E-state index >= 15 is 0 Å². The number of hydrogen-bond donors (Lipinski definition) is 2. The van der Waals surface area contributed by atoms with Crippen LogP contribution in [0.3, 0.4) is 0 Å². The van der Waals surface area contributed by atoms with Crippen LogP contribution in [0.2, 0.25) is 0 Å². The number of hydrogen-bond acceptors (Lipinski definition) is 4. The highest BCUT2D eigenvalue weighted by Crippen LogP contribution is 2.26. The Morgan fingerprint density at radius 1 is 1.12 bits per heavy atom. The van der Waals surface area contributed by atoms with Crippen LogP contribution >= 0.6 is 0 Å². The first-order valence-electron chi connectivity index (χ1n) is 4.71. The molecule has 0 bridgehead atoms. The van der Waals surface area contributed by atoms with Crippen molar-refractivity contribution in [1.29, 1.82) is 0 Å². The van der Waals surface area contributed by atoms with Gasteiger partial charge in [-0.3, -0.25) is 4.79 Å². The predicted octanol–water partition coefficient (Wildman–Crippen LogP) is 0.660. The molecule has 0 radical (unpaired) electrons. The molecule has 0 atom stereocenters. The molecule has 0 unspecified atom stereocenters. The molecule has 2 N–H and O–H groups in total. The van der Waals surface area contributed by atoms with Crippen molar-refractivity contribution < 1.29 is 0 Å². The van der Waals surface area contributed by atoms with Crippen molar-refractivity contribution in [2.75, 3.05) is 0 Å². The first-order valence-corrected chi connectivity index (χ1v) is 4.71. The van der Waals surface area contributed by atoms with Gasteiger partial charge in [-0.15, -0.1) is 10.2 Å². The van der Waals surface area contributed by atoms with Gasteiger partial charge in [-0.25, -0.2) is 0 Å². The van der Waals surface area contributed by atoms with E-state index in [1.54, 1.807) is 0 Å². The highest BCUT2D eigenvalue weighted by molar-refractivity contribution is 5.79. The number of fused-ring (bicyclic) bond motifs is 1. The Morgan fingerprint density at radius 2 is 2.00 bits per heavy atom. The van der Waals surface area contributed by atoms with E-state index in [0.29, 0.717) is 11.4 Å². The summed E-state index contributed by atoms with van der Waals surface area (Å²) in [6.45, 7) is 0. The molecule has 2 aliphatic rings. The number of tetrazole rings is 1. The van der Waals surface area contributed by atoms with Crippen molar-refractivity contribution in [2.24, 2.45) is 0 Å². The standard InChI is InChI=1S/C10H7N5O/c16-10-8(9-12-14-15-13-9)6-4-2-1-3-5-7(6)11-10/h1-5H,(H,11,16)(H,12,13,14,15). The molecule has 0 saturated carbocycles. The molecule has 1 aromatic heterocycles. The molecule has 1 aromatic rings. The Kier molecular flexibility index (Phi) is 1.79. The van der Waals surface area contributed by atoms with Gasteiger partial charge in [0.1, 0.15) is 0 Å². The SMILES string of the molecule is O=c1[nH]c2cccccc-2c1-c1nn[nH]n1. The van der Waals surface area contributed by atoms with E-state index < -0.39 is 0 Å². The number of nitrogens with zero attached hydrogens (tertiary/aromatic N) is 3. The third-order valence-electron chi connectivity index (χ3n) is 2.35. The number of aromatic amines is 2. The molecular formula is C10H7N5O. The second-order valence-electron chi connectivity index (χ2n) is 3.30. The molecule has 0 saturated heterocycles. The average molecular weight is 213 g/mol. The summed E-state index contributed by atoms with van der Waals surface area (Å²) >= 11 is 0. The topological polar surface area (TPSA) is 87.3 Å². The number of H-pyrrole nitrogens is 2. The molecule has 3 rings (SSSR count). The normalized spacial score (nSPS) is 10.8. The number of rotatable bonds is 1. The van der Waals surface area contributed by atoms with Crippen LogP contribution in [0.15, 0.2) is 35.1 Å². The Morgan fingerprint density at radius 3 is 2.81 bits per heavy atom. The van der Waals surface area contributed by atoms with E-state index in [0.717, 1.165) is 11.3 Å². The highest BCUT2D eigenvalue weighted by Gasteiger charge is 2.18. The van der Waals surface area contributed by atoms with Crippen LogP contribution in [0.4, 0.5) is 0 Å². The molecule has 6 nitrogen and oxygen atoms in total. The van der Waals surface area contributed by atoms with Gasteiger partial charge >= 0.3 is 0 Å². The largest absolute Gasteiger partial charge is 0.321 e. The van der Waals surface area contributed by atoms with E-state index in [1.165, 1.54) is 0 Å². The maximum atomic E-state index is 11.8. The maximum absolute atomic E-state index is 11.8. The molecule has 0 aromatic carbocycles. The molecule has 1 aliphatic carbocycles. The minimum absolute atomic E-state index is 0.206. The van der Waals surface area contributed by atoms with Crippen molar-refractivity contribution in [3.8, 4) is 22.6 Å². The lowest BCUT2D eigenvalue weighted by atomic mass is 10.1. The van der Waals surface area contributed by atoms with E-state index in [9.17, 15) is 4.79 Å². The van der Waals surface area contributed by atoms with Gasteiger partial charge in [0.15, 0.2) is 0 Å². The van der Waals surface area contributed by atoms with Crippen molar-refractivity contribution in [3.05, 3.63) is 40.7 Å². The first kappa shape index (κ1) is 8.78. The Bertz CT molecular complexity index is 643. The van der Waals surface area contributed by atoms with Gasteiger partial charge in [0.25, 0.3) is 5.56 Å². The summed E-state index contributed by atoms with van der Waals surface area (Å²) in [6, 6.07) is 9.29. The second-order valence-corrected chi connectivity index (χ2v) is 3.30. The molecule has 78 valence electrons. The summed E-state index contributed by atoms with van der Waals surface area (Å²) in [6.07, 6.45) is 0. The van der Waals surface area contributed by atoms with Crippen LogP contribution in [0.25, 0.3) is 22.6 Å². The van der Waals surface area contributed by atoms with E-state index in [1.807, 2.05) is 30.3 Å². The van der Waals surface area contributed by atoms with Crippen LogP contribution in [-0.2, 0) is 0 Å². The summed E-state index contributed by atoms with van der Waals surface area (Å²) < 4.78 is 0. The molecule has 6 heteroatoms. The van der Waals surface area contributed by atoms with Crippen molar-refractivity contribution in [2.45, 2.75) is 0 Å². The lowest BCUT2D eigenvalue weighted by Crippen LogP contribution is -2.01. The lowest BCUT2D eigenvalue weighted by molar-refractivity contribution is 0.881. The van der Waals surface area contributed by atoms with Gasteiger partial charge in [-0.05, 0) is 11.3 Å².